The van der Waals surface area contributed by atoms with Crippen LogP contribution in [0.1, 0.15) is 49.9 Å². The number of ether oxygens (including phenoxy) is 2. The third-order valence-corrected chi connectivity index (χ3v) is 34.7. The molecule has 12 aromatic rings. The first-order valence-electron chi connectivity index (χ1n) is 29.6. The number of para-hydroxylation sites is 4. The quantitative estimate of drug-likeness (QED) is 0.163. The van der Waals surface area contributed by atoms with Crippen molar-refractivity contribution in [1.29, 1.82) is 0 Å². The molecule has 0 spiro atoms. The van der Waals surface area contributed by atoms with Crippen molar-refractivity contribution in [1.82, 2.24) is 0 Å². The van der Waals surface area contributed by atoms with E-state index in [1.54, 1.807) is 0 Å². The first kappa shape index (κ1) is 46.3. The van der Waals surface area contributed by atoms with E-state index >= 15 is 0 Å². The Kier molecular flexibility index (Phi) is 8.76. The first-order valence-corrected chi connectivity index (χ1v) is 36.8. The number of hydrogen-bond acceptors (Lipinski definition) is 6. The van der Waals surface area contributed by atoms with Crippen molar-refractivity contribution in [3.05, 3.63) is 253 Å². The van der Waals surface area contributed by atoms with Crippen molar-refractivity contribution >= 4 is 134 Å². The Morgan fingerprint density at radius 2 is 0.631 bits per heavy atom. The molecule has 0 fully saturated rings. The summed E-state index contributed by atoms with van der Waals surface area (Å²) in [5.41, 5.74) is 24.3. The molecule has 0 radical (unpaired) electrons. The molecule has 396 valence electrons. The second-order valence-electron chi connectivity index (χ2n) is 25.0. The van der Waals surface area contributed by atoms with Gasteiger partial charge in [0.15, 0.2) is 0 Å². The second kappa shape index (κ2) is 15.9. The average molecular weight is 1200 g/mol. The molecule has 8 heteroatoms. The first-order chi connectivity index (χ1) is 41.3. The fraction of sp³-hybridized carbons (Fsp3) is 0.0789. The molecule has 6 nitrogen and oxygen atoms in total. The van der Waals surface area contributed by atoms with Gasteiger partial charge in [0.2, 0.25) is 0 Å². The van der Waals surface area contributed by atoms with Crippen molar-refractivity contribution in [2.45, 2.75) is 38.5 Å². The van der Waals surface area contributed by atoms with Gasteiger partial charge in [0.1, 0.15) is 0 Å². The van der Waals surface area contributed by atoms with Crippen molar-refractivity contribution in [3.63, 3.8) is 0 Å². The predicted molar refractivity (Wildman–Crippen MR) is 350 cm³/mol. The monoisotopic (exact) mass is 1200 g/mol. The fourth-order valence-corrected chi connectivity index (χ4v) is 33.3. The fourth-order valence-electron chi connectivity index (χ4n) is 17.1. The molecule has 2 unspecified atom stereocenters. The average Bonchev–Trinajstić information content (AvgIpc) is 0.956. The van der Waals surface area contributed by atoms with Gasteiger partial charge in [-0.3, -0.25) is 0 Å². The third-order valence-electron chi connectivity index (χ3n) is 20.2. The van der Waals surface area contributed by atoms with Gasteiger partial charge in [-0.15, -0.1) is 0 Å². The Bertz CT molecular complexity index is 4690. The van der Waals surface area contributed by atoms with Gasteiger partial charge in [0.05, 0.1) is 0 Å². The molecule has 0 saturated heterocycles. The number of fused-ring (bicyclic) bond motifs is 11. The maximum atomic E-state index is 8.14. The van der Waals surface area contributed by atoms with Crippen LogP contribution < -0.4 is 55.4 Å². The zero-order valence-electron chi connectivity index (χ0n) is 46.7. The summed E-state index contributed by atoms with van der Waals surface area (Å²) in [6.45, 7) is 9.68. The van der Waals surface area contributed by atoms with E-state index in [9.17, 15) is 0 Å². The van der Waals surface area contributed by atoms with E-state index in [1.807, 2.05) is 0 Å². The van der Waals surface area contributed by atoms with Gasteiger partial charge in [0.25, 0.3) is 0 Å². The van der Waals surface area contributed by atoms with Crippen LogP contribution >= 0.6 is 0 Å². The Hall–Kier alpha value is -9.21. The summed E-state index contributed by atoms with van der Waals surface area (Å²) in [6, 6.07) is 86.9. The van der Waals surface area contributed by atoms with Crippen LogP contribution in [-0.2, 0) is 10.8 Å². The molecule has 2 atom stereocenters. The van der Waals surface area contributed by atoms with Crippen LogP contribution in [0.15, 0.2) is 231 Å². The van der Waals surface area contributed by atoms with Crippen LogP contribution in [0, 0.1) is 0 Å². The zero-order valence-corrected chi connectivity index (χ0v) is 51.5. The molecule has 0 amide bonds. The second-order valence-corrected chi connectivity index (χ2v) is 35.9. The normalized spacial score (nSPS) is 17.6. The van der Waals surface area contributed by atoms with Crippen molar-refractivity contribution < 1.29 is 9.47 Å². The number of anilines is 12. The van der Waals surface area contributed by atoms with Crippen LogP contribution in [0.4, 0.5) is 68.2 Å². The van der Waals surface area contributed by atoms with E-state index in [1.165, 1.54) is 127 Å². The van der Waals surface area contributed by atoms with Gasteiger partial charge in [-0.25, -0.2) is 0 Å². The van der Waals surface area contributed by atoms with Crippen LogP contribution in [0.2, 0.25) is 0 Å². The molecule has 0 saturated carbocycles. The van der Waals surface area contributed by atoms with Crippen LogP contribution in [0.25, 0.3) is 33.0 Å². The summed E-state index contributed by atoms with van der Waals surface area (Å²) < 4.78 is 24.8. The summed E-state index contributed by atoms with van der Waals surface area (Å²) in [4.78, 5) is 10.4. The van der Waals surface area contributed by atoms with E-state index in [0.29, 0.717) is 0 Å². The van der Waals surface area contributed by atoms with Crippen molar-refractivity contribution in [3.8, 4) is 45.3 Å². The molecule has 8 aliphatic rings. The number of nitrogens with zero attached hydrogens (tertiary/aromatic N) is 4. The molecule has 84 heavy (non-hydrogen) atoms. The Balaban J connectivity index is 0.951. The van der Waals surface area contributed by atoms with Gasteiger partial charge in [0, 0.05) is 0 Å². The summed E-state index contributed by atoms with van der Waals surface area (Å²) in [7, 11) is 0. The molecular weight excluding hydrogens is 1150 g/mol. The van der Waals surface area contributed by atoms with Crippen LogP contribution in [-0.4, -0.2) is 28.7 Å². The molecule has 12 aromatic carbocycles. The molecule has 0 bridgehead atoms. The maximum absolute atomic E-state index is 8.14. The zero-order chi connectivity index (χ0) is 55.2. The van der Waals surface area contributed by atoms with E-state index in [4.69, 9.17) is 9.47 Å². The number of benzene rings is 12. The van der Waals surface area contributed by atoms with Gasteiger partial charge in [-0.1, -0.05) is 0 Å². The Morgan fingerprint density at radius 3 is 1.01 bits per heavy atom. The molecule has 0 aromatic heterocycles. The van der Waals surface area contributed by atoms with E-state index < -0.39 is 28.7 Å². The molecule has 6 aliphatic heterocycles. The van der Waals surface area contributed by atoms with E-state index in [0.717, 1.165) is 45.7 Å². The van der Waals surface area contributed by atoms with Crippen LogP contribution in [0.5, 0.6) is 23.0 Å². The summed E-state index contributed by atoms with van der Waals surface area (Å²) in [5, 5.41) is 2.37. The SMILES string of the molecule is CC1(C)c2ccccc2-c2cc3[c]4c(c21)Oc1cc2c5[c]6c(cc2c2[c]1[GeH]4[c]1c(cccc1N2c1ccccc1)N3c1ccccc1)Oc1[c]2c(cc3c1C(C)(C)c1ccccc1-3)N(c1ccccc1)c1cccc([c]1[GeH]26)N5c1ccccc1. The Labute approximate surface area is 496 Å². The van der Waals surface area contributed by atoms with Gasteiger partial charge >= 0.3 is 500 Å². The predicted octanol–water partition coefficient (Wildman–Crippen LogP) is 15.3. The standard InChI is InChI=1S/C76H52Ge2N4O2/c1-75(2)53-33-19-17-31-47(53)49-39-59-67-73(63(49)75)83-61-41-51-52(71-69(61)77(67)65-55(79(59)43-23-9-5-10-24-43)35-21-37-57(65)81(71)45-27-13-7-14-28-45)42-62-70-72(51)82(46-29-15-8-16-30-46)58-38-22-36-56-66(58)78(70)68-60(80(56)44-25-11-6-12-26-44)40-50-48-32-18-20-34-54(48)76(3,4)64(50)74(68)84-62/h5-42,77-78H,1-4H3. The molecule has 6 heterocycles. The topological polar surface area (TPSA) is 31.4 Å². The van der Waals surface area contributed by atoms with Crippen molar-refractivity contribution in [2.24, 2.45) is 0 Å². The summed E-state index contributed by atoms with van der Waals surface area (Å²) in [5.74, 6) is 4.10. The van der Waals surface area contributed by atoms with E-state index in [-0.39, 0.29) is 10.8 Å². The third kappa shape index (κ3) is 5.52. The minimum absolute atomic E-state index is 0.310. The summed E-state index contributed by atoms with van der Waals surface area (Å²) >= 11 is -6.47. The van der Waals surface area contributed by atoms with E-state index in [2.05, 4.69) is 278 Å². The van der Waals surface area contributed by atoms with Crippen LogP contribution in [0.3, 0.4) is 0 Å². The van der Waals surface area contributed by atoms with Gasteiger partial charge in [-0.2, -0.15) is 0 Å². The van der Waals surface area contributed by atoms with Gasteiger partial charge in [-0.05, 0) is 0 Å². The molecular formula is C76H52Ge2N4O2. The van der Waals surface area contributed by atoms with Crippen molar-refractivity contribution in [2.75, 3.05) is 19.6 Å². The molecule has 0 N–H and O–H groups in total. The number of hydrogen-bond donors (Lipinski definition) is 0. The summed E-state index contributed by atoms with van der Waals surface area (Å²) in [6.07, 6.45) is 0. The number of rotatable bonds is 4. The molecule has 20 rings (SSSR count). The minimum atomic E-state index is -3.24. The Morgan fingerprint density at radius 1 is 0.298 bits per heavy atom. The van der Waals surface area contributed by atoms with Gasteiger partial charge < -0.3 is 0 Å². The molecule has 2 aliphatic carbocycles.